The Morgan fingerprint density at radius 3 is 1.86 bits per heavy atom. The highest BCUT2D eigenvalue weighted by molar-refractivity contribution is 7.92. The van der Waals surface area contributed by atoms with Gasteiger partial charge in [-0.25, -0.2) is 13.4 Å². The maximum absolute atomic E-state index is 12.7. The Bertz CT molecular complexity index is 753. The van der Waals surface area contributed by atoms with Crippen LogP contribution in [0.3, 0.4) is 0 Å². The van der Waals surface area contributed by atoms with E-state index in [1.165, 1.54) is 0 Å². The molecule has 0 amide bonds. The van der Waals surface area contributed by atoms with E-state index in [0.717, 1.165) is 27.8 Å². The molecular weight excluding hydrogens is 284 g/mol. The normalized spacial score (nSPS) is 11.5. The second-order valence-electron chi connectivity index (χ2n) is 5.27. The molecular formula is C16H20N2O2S. The number of aromatic nitrogens is 1. The molecule has 0 saturated carbocycles. The van der Waals surface area contributed by atoms with Gasteiger partial charge in [-0.3, -0.25) is 4.72 Å². The van der Waals surface area contributed by atoms with Gasteiger partial charge in [0.15, 0.2) is 0 Å². The van der Waals surface area contributed by atoms with Crippen LogP contribution in [0.1, 0.15) is 27.8 Å². The first-order valence-corrected chi connectivity index (χ1v) is 8.25. The molecule has 2 aromatic rings. The van der Waals surface area contributed by atoms with Gasteiger partial charge in [0, 0.05) is 6.20 Å². The van der Waals surface area contributed by atoms with Crippen LogP contribution in [0.25, 0.3) is 0 Å². The van der Waals surface area contributed by atoms with Gasteiger partial charge in [-0.05, 0) is 74.6 Å². The molecule has 0 radical (unpaired) electrons. The van der Waals surface area contributed by atoms with Gasteiger partial charge in [-0.15, -0.1) is 0 Å². The fraction of sp³-hybridized carbons (Fsp3) is 0.312. The highest BCUT2D eigenvalue weighted by atomic mass is 32.2. The van der Waals surface area contributed by atoms with E-state index < -0.39 is 10.0 Å². The molecule has 1 aromatic carbocycles. The van der Waals surface area contributed by atoms with Crippen LogP contribution >= 0.6 is 0 Å². The van der Waals surface area contributed by atoms with Crippen molar-refractivity contribution in [1.82, 2.24) is 4.98 Å². The minimum absolute atomic E-state index is 0.326. The molecule has 4 nitrogen and oxygen atoms in total. The number of rotatable bonds is 3. The average molecular weight is 304 g/mol. The molecule has 0 fully saturated rings. The van der Waals surface area contributed by atoms with Crippen molar-refractivity contribution < 1.29 is 8.42 Å². The monoisotopic (exact) mass is 304 g/mol. The number of pyridine rings is 1. The molecule has 5 heteroatoms. The number of benzene rings is 1. The molecule has 0 unspecified atom stereocenters. The van der Waals surface area contributed by atoms with Gasteiger partial charge in [0.05, 0.1) is 4.90 Å². The number of nitrogens with one attached hydrogen (secondary N) is 1. The van der Waals surface area contributed by atoms with Crippen molar-refractivity contribution in [1.29, 1.82) is 0 Å². The number of nitrogens with zero attached hydrogens (tertiary/aromatic N) is 1. The smallest absolute Gasteiger partial charge is 0.263 e. The number of sulfonamides is 1. The Kier molecular flexibility index (Phi) is 4.05. The lowest BCUT2D eigenvalue weighted by Crippen LogP contribution is -2.18. The van der Waals surface area contributed by atoms with Crippen LogP contribution < -0.4 is 4.72 Å². The Labute approximate surface area is 126 Å². The van der Waals surface area contributed by atoms with Crippen molar-refractivity contribution in [2.45, 2.75) is 39.5 Å². The molecule has 21 heavy (non-hydrogen) atoms. The van der Waals surface area contributed by atoms with Crippen molar-refractivity contribution in [3.63, 3.8) is 0 Å². The van der Waals surface area contributed by atoms with Crippen LogP contribution in [0.2, 0.25) is 0 Å². The molecule has 2 rings (SSSR count). The van der Waals surface area contributed by atoms with Gasteiger partial charge in [0.25, 0.3) is 10.0 Å². The molecule has 1 N–H and O–H groups in total. The minimum Gasteiger partial charge on any atom is -0.263 e. The SMILES string of the molecule is Cc1c(C)c(C)c(S(=O)(=O)Nc2ccccn2)c(C)c1C. The second kappa shape index (κ2) is 5.48. The molecule has 0 saturated heterocycles. The summed E-state index contributed by atoms with van der Waals surface area (Å²) in [7, 11) is -3.65. The van der Waals surface area contributed by atoms with Crippen molar-refractivity contribution in [2.75, 3.05) is 4.72 Å². The van der Waals surface area contributed by atoms with E-state index in [1.807, 2.05) is 34.6 Å². The van der Waals surface area contributed by atoms with Gasteiger partial charge in [0.1, 0.15) is 5.82 Å². The highest BCUT2D eigenvalue weighted by Gasteiger charge is 2.23. The van der Waals surface area contributed by atoms with Crippen LogP contribution in [0, 0.1) is 34.6 Å². The average Bonchev–Trinajstić information content (AvgIpc) is 2.43. The summed E-state index contributed by atoms with van der Waals surface area (Å²) in [4.78, 5) is 4.38. The molecule has 0 aliphatic rings. The summed E-state index contributed by atoms with van der Waals surface area (Å²) in [5.74, 6) is 0.326. The van der Waals surface area contributed by atoms with Crippen molar-refractivity contribution in [3.8, 4) is 0 Å². The van der Waals surface area contributed by atoms with E-state index in [1.54, 1.807) is 24.4 Å². The molecule has 0 atom stereocenters. The largest absolute Gasteiger partial charge is 0.263 e. The van der Waals surface area contributed by atoms with Crippen molar-refractivity contribution >= 4 is 15.8 Å². The topological polar surface area (TPSA) is 59.1 Å². The van der Waals surface area contributed by atoms with Gasteiger partial charge in [-0.2, -0.15) is 0 Å². The van der Waals surface area contributed by atoms with Crippen molar-refractivity contribution in [3.05, 3.63) is 52.2 Å². The molecule has 1 aromatic heterocycles. The number of hydrogen-bond donors (Lipinski definition) is 1. The van der Waals surface area contributed by atoms with Crippen LogP contribution in [0.5, 0.6) is 0 Å². The summed E-state index contributed by atoms with van der Waals surface area (Å²) in [5, 5.41) is 0. The van der Waals surface area contributed by atoms with E-state index >= 15 is 0 Å². The molecule has 0 aliphatic carbocycles. The van der Waals surface area contributed by atoms with E-state index in [0.29, 0.717) is 10.7 Å². The Morgan fingerprint density at radius 2 is 1.38 bits per heavy atom. The molecule has 112 valence electrons. The zero-order chi connectivity index (χ0) is 15.8. The third kappa shape index (κ3) is 2.78. The summed E-state index contributed by atoms with van der Waals surface area (Å²) < 4.78 is 28.0. The van der Waals surface area contributed by atoms with Gasteiger partial charge >= 0.3 is 0 Å². The molecule has 0 aliphatic heterocycles. The summed E-state index contributed by atoms with van der Waals surface area (Å²) in [5.41, 5.74) is 4.75. The third-order valence-electron chi connectivity index (χ3n) is 4.10. The molecule has 0 bridgehead atoms. The zero-order valence-electron chi connectivity index (χ0n) is 13.0. The maximum atomic E-state index is 12.7. The van der Waals surface area contributed by atoms with Gasteiger partial charge in [0.2, 0.25) is 0 Å². The number of hydrogen-bond acceptors (Lipinski definition) is 3. The number of anilines is 1. The summed E-state index contributed by atoms with van der Waals surface area (Å²) >= 11 is 0. The highest BCUT2D eigenvalue weighted by Crippen LogP contribution is 2.30. The van der Waals surface area contributed by atoms with E-state index in [2.05, 4.69) is 9.71 Å². The summed E-state index contributed by atoms with van der Waals surface area (Å²) in [6.07, 6.45) is 1.56. The Morgan fingerprint density at radius 1 is 0.857 bits per heavy atom. The maximum Gasteiger partial charge on any atom is 0.263 e. The summed E-state index contributed by atoms with van der Waals surface area (Å²) in [6, 6.07) is 5.13. The first-order chi connectivity index (χ1) is 9.75. The fourth-order valence-electron chi connectivity index (χ4n) is 2.48. The van der Waals surface area contributed by atoms with Crippen LogP contribution in [-0.2, 0) is 10.0 Å². The minimum atomic E-state index is -3.65. The van der Waals surface area contributed by atoms with Gasteiger partial charge in [-0.1, -0.05) is 6.07 Å². The second-order valence-corrected chi connectivity index (χ2v) is 6.89. The molecule has 0 spiro atoms. The fourth-order valence-corrected chi connectivity index (χ4v) is 4.09. The predicted molar refractivity (Wildman–Crippen MR) is 85.2 cm³/mol. The van der Waals surface area contributed by atoms with E-state index in [4.69, 9.17) is 0 Å². The Balaban J connectivity index is 2.61. The van der Waals surface area contributed by atoms with Crippen molar-refractivity contribution in [2.24, 2.45) is 0 Å². The lowest BCUT2D eigenvalue weighted by atomic mass is 9.95. The van der Waals surface area contributed by atoms with Crippen LogP contribution in [-0.4, -0.2) is 13.4 Å². The molecule has 1 heterocycles. The third-order valence-corrected chi connectivity index (χ3v) is 5.73. The summed E-state index contributed by atoms with van der Waals surface area (Å²) in [6.45, 7) is 9.63. The first-order valence-electron chi connectivity index (χ1n) is 6.76. The van der Waals surface area contributed by atoms with E-state index in [9.17, 15) is 8.42 Å². The quantitative estimate of drug-likeness (QED) is 0.945. The predicted octanol–water partition coefficient (Wildman–Crippen LogP) is 3.42. The lowest BCUT2D eigenvalue weighted by molar-refractivity contribution is 0.599. The van der Waals surface area contributed by atoms with E-state index in [-0.39, 0.29) is 0 Å². The Hall–Kier alpha value is -1.88. The van der Waals surface area contributed by atoms with Gasteiger partial charge < -0.3 is 0 Å². The van der Waals surface area contributed by atoms with Crippen LogP contribution in [0.15, 0.2) is 29.3 Å². The van der Waals surface area contributed by atoms with Crippen LogP contribution in [0.4, 0.5) is 5.82 Å². The standard InChI is InChI=1S/C16H20N2O2S/c1-10-11(2)13(4)16(14(5)12(10)3)21(19,20)18-15-8-6-7-9-17-15/h6-9H,1-5H3,(H,17,18). The lowest BCUT2D eigenvalue weighted by Gasteiger charge is -2.19. The first kappa shape index (κ1) is 15.5. The zero-order valence-corrected chi connectivity index (χ0v) is 13.8.